The Kier molecular flexibility index (Phi) is 5.70. The average Bonchev–Trinajstić information content (AvgIpc) is 2.96. The maximum atomic E-state index is 13.1. The highest BCUT2D eigenvalue weighted by Crippen LogP contribution is 2.27. The van der Waals surface area contributed by atoms with Gasteiger partial charge >= 0.3 is 6.03 Å². The molecule has 3 amide bonds. The first-order chi connectivity index (χ1) is 14.6. The van der Waals surface area contributed by atoms with E-state index >= 15 is 0 Å². The van der Waals surface area contributed by atoms with E-state index in [4.69, 9.17) is 0 Å². The molecule has 2 heterocycles. The van der Waals surface area contributed by atoms with Crippen molar-refractivity contribution in [2.75, 3.05) is 18.4 Å². The predicted molar refractivity (Wildman–Crippen MR) is 115 cm³/mol. The Bertz CT molecular complexity index is 1040. The molecule has 1 atom stereocenters. The summed E-state index contributed by atoms with van der Waals surface area (Å²) >= 11 is 0. The van der Waals surface area contributed by atoms with E-state index in [1.54, 1.807) is 11.1 Å². The van der Waals surface area contributed by atoms with Crippen LogP contribution < -0.4 is 10.6 Å². The molecule has 1 unspecified atom stereocenters. The second-order valence-electron chi connectivity index (χ2n) is 7.20. The first-order valence-corrected chi connectivity index (χ1v) is 9.89. The molecule has 7 nitrogen and oxygen atoms in total. The smallest absolute Gasteiger partial charge is 0.322 e. The minimum atomic E-state index is -0.311. The van der Waals surface area contributed by atoms with Crippen LogP contribution in [0, 0.1) is 6.92 Å². The lowest BCUT2D eigenvalue weighted by molar-refractivity contribution is -0.121. The summed E-state index contributed by atoms with van der Waals surface area (Å²) in [4.78, 5) is 35.6. The number of amides is 3. The average molecular weight is 401 g/mol. The number of aryl methyl sites for hydroxylation is 1. The molecule has 0 bridgehead atoms. The van der Waals surface area contributed by atoms with Crippen LogP contribution in [0.3, 0.4) is 0 Å². The Hall–Kier alpha value is -3.74. The minimum absolute atomic E-state index is 0.0540. The van der Waals surface area contributed by atoms with Crippen LogP contribution in [-0.2, 0) is 4.79 Å². The van der Waals surface area contributed by atoms with E-state index in [0.717, 1.165) is 16.8 Å². The molecule has 152 valence electrons. The van der Waals surface area contributed by atoms with Gasteiger partial charge in [0.05, 0.1) is 12.5 Å². The highest BCUT2D eigenvalue weighted by atomic mass is 16.2. The number of hydrogen-bond acceptors (Lipinski definition) is 4. The fourth-order valence-electron chi connectivity index (χ4n) is 3.53. The predicted octanol–water partition coefficient (Wildman–Crippen LogP) is 3.55. The number of aromatic nitrogens is 2. The van der Waals surface area contributed by atoms with Gasteiger partial charge in [0.25, 0.3) is 0 Å². The van der Waals surface area contributed by atoms with Crippen LogP contribution in [-0.4, -0.2) is 39.9 Å². The monoisotopic (exact) mass is 401 g/mol. The fourth-order valence-corrected chi connectivity index (χ4v) is 3.53. The molecule has 0 saturated carbocycles. The van der Waals surface area contributed by atoms with Gasteiger partial charge in [-0.05, 0) is 42.8 Å². The highest BCUT2D eigenvalue weighted by Gasteiger charge is 2.29. The van der Waals surface area contributed by atoms with Gasteiger partial charge in [-0.25, -0.2) is 14.8 Å². The Morgan fingerprint density at radius 3 is 2.60 bits per heavy atom. The Morgan fingerprint density at radius 2 is 1.87 bits per heavy atom. The molecule has 30 heavy (non-hydrogen) atoms. The lowest BCUT2D eigenvalue weighted by Gasteiger charge is -2.29. The number of carbonyl (C=O) groups is 2. The Labute approximate surface area is 175 Å². The number of anilines is 1. The molecular weight excluding hydrogens is 378 g/mol. The molecule has 1 aromatic heterocycles. The third kappa shape index (κ3) is 4.46. The topological polar surface area (TPSA) is 87.2 Å². The van der Waals surface area contributed by atoms with E-state index in [1.165, 1.54) is 0 Å². The zero-order valence-electron chi connectivity index (χ0n) is 16.7. The molecule has 1 fully saturated rings. The van der Waals surface area contributed by atoms with Crippen LogP contribution in [0.1, 0.15) is 23.7 Å². The van der Waals surface area contributed by atoms with E-state index in [0.29, 0.717) is 24.6 Å². The van der Waals surface area contributed by atoms with Crippen molar-refractivity contribution in [2.24, 2.45) is 0 Å². The molecule has 1 aliphatic heterocycles. The molecule has 0 aliphatic carbocycles. The second-order valence-corrected chi connectivity index (χ2v) is 7.20. The van der Waals surface area contributed by atoms with Crippen molar-refractivity contribution >= 4 is 17.6 Å². The zero-order valence-corrected chi connectivity index (χ0v) is 16.7. The van der Waals surface area contributed by atoms with E-state index in [-0.39, 0.29) is 24.4 Å². The van der Waals surface area contributed by atoms with Crippen molar-refractivity contribution in [3.63, 3.8) is 0 Å². The standard InChI is InChI=1S/C23H23N5O2/c1-16-11-12-25-22(26-16)18-7-9-19(10-8-18)27-23(30)28-14-13-24-21(29)15-20(28)17-5-3-2-4-6-17/h2-12,20H,13-15H2,1H3,(H,24,29)(H,27,30). The van der Waals surface area contributed by atoms with E-state index in [1.807, 2.05) is 67.6 Å². The van der Waals surface area contributed by atoms with Gasteiger partial charge in [0.1, 0.15) is 0 Å². The Morgan fingerprint density at radius 1 is 1.10 bits per heavy atom. The highest BCUT2D eigenvalue weighted by molar-refractivity contribution is 5.90. The van der Waals surface area contributed by atoms with Gasteiger partial charge in [0, 0.05) is 36.2 Å². The molecule has 3 aromatic rings. The van der Waals surface area contributed by atoms with Crippen LogP contribution in [0.25, 0.3) is 11.4 Å². The third-order valence-corrected chi connectivity index (χ3v) is 5.06. The quantitative estimate of drug-likeness (QED) is 0.703. The maximum absolute atomic E-state index is 13.1. The normalized spacial score (nSPS) is 16.5. The van der Waals surface area contributed by atoms with E-state index < -0.39 is 0 Å². The Balaban J connectivity index is 1.52. The summed E-state index contributed by atoms with van der Waals surface area (Å²) in [6.45, 7) is 2.79. The van der Waals surface area contributed by atoms with Crippen LogP contribution in [0.5, 0.6) is 0 Å². The molecule has 0 radical (unpaired) electrons. The summed E-state index contributed by atoms with van der Waals surface area (Å²) in [5, 5.41) is 5.80. The lowest BCUT2D eigenvalue weighted by Crippen LogP contribution is -2.39. The number of nitrogens with one attached hydrogen (secondary N) is 2. The van der Waals surface area contributed by atoms with Gasteiger partial charge in [-0.3, -0.25) is 4.79 Å². The summed E-state index contributed by atoms with van der Waals surface area (Å²) < 4.78 is 0. The van der Waals surface area contributed by atoms with Gasteiger partial charge < -0.3 is 15.5 Å². The zero-order chi connectivity index (χ0) is 20.9. The molecule has 1 saturated heterocycles. The van der Waals surface area contributed by atoms with Crippen molar-refractivity contribution in [2.45, 2.75) is 19.4 Å². The minimum Gasteiger partial charge on any atom is -0.354 e. The summed E-state index contributed by atoms with van der Waals surface area (Å²) in [5.41, 5.74) is 3.39. The molecule has 2 aromatic carbocycles. The number of hydrogen-bond donors (Lipinski definition) is 2. The summed E-state index contributed by atoms with van der Waals surface area (Å²) in [7, 11) is 0. The molecular formula is C23H23N5O2. The van der Waals surface area contributed by atoms with E-state index in [2.05, 4.69) is 20.6 Å². The van der Waals surface area contributed by atoms with Crippen molar-refractivity contribution in [1.29, 1.82) is 0 Å². The van der Waals surface area contributed by atoms with Gasteiger partial charge in [-0.15, -0.1) is 0 Å². The third-order valence-electron chi connectivity index (χ3n) is 5.06. The molecule has 0 spiro atoms. The number of rotatable bonds is 3. The molecule has 4 rings (SSSR count). The first-order valence-electron chi connectivity index (χ1n) is 9.89. The lowest BCUT2D eigenvalue weighted by atomic mass is 10.0. The number of nitrogens with zero attached hydrogens (tertiary/aromatic N) is 3. The van der Waals surface area contributed by atoms with Crippen LogP contribution in [0.2, 0.25) is 0 Å². The summed E-state index contributed by atoms with van der Waals surface area (Å²) in [6, 6.07) is 18.4. The number of urea groups is 1. The van der Waals surface area contributed by atoms with Crippen LogP contribution >= 0.6 is 0 Å². The molecule has 2 N–H and O–H groups in total. The molecule has 1 aliphatic rings. The number of carbonyl (C=O) groups excluding carboxylic acids is 2. The van der Waals surface area contributed by atoms with Gasteiger partial charge in [-0.2, -0.15) is 0 Å². The van der Waals surface area contributed by atoms with Crippen molar-refractivity contribution < 1.29 is 9.59 Å². The summed E-state index contributed by atoms with van der Waals surface area (Å²) in [6.07, 6.45) is 1.97. The van der Waals surface area contributed by atoms with Gasteiger partial charge in [0.2, 0.25) is 5.91 Å². The maximum Gasteiger partial charge on any atom is 0.322 e. The second kappa shape index (κ2) is 8.73. The van der Waals surface area contributed by atoms with Crippen molar-refractivity contribution in [3.8, 4) is 11.4 Å². The fraction of sp³-hybridized carbons (Fsp3) is 0.217. The van der Waals surface area contributed by atoms with Crippen molar-refractivity contribution in [3.05, 3.63) is 78.1 Å². The number of benzene rings is 2. The van der Waals surface area contributed by atoms with Crippen LogP contribution in [0.4, 0.5) is 10.5 Å². The van der Waals surface area contributed by atoms with Crippen molar-refractivity contribution in [1.82, 2.24) is 20.2 Å². The SMILES string of the molecule is Cc1ccnc(-c2ccc(NC(=O)N3CCNC(=O)CC3c3ccccc3)cc2)n1. The van der Waals surface area contributed by atoms with Gasteiger partial charge in [0.15, 0.2) is 5.82 Å². The summed E-state index contributed by atoms with van der Waals surface area (Å²) in [5.74, 6) is 0.593. The van der Waals surface area contributed by atoms with Crippen LogP contribution in [0.15, 0.2) is 66.9 Å². The van der Waals surface area contributed by atoms with Gasteiger partial charge in [-0.1, -0.05) is 30.3 Å². The first kappa shape index (κ1) is 19.6. The molecule has 7 heteroatoms. The van der Waals surface area contributed by atoms with E-state index in [9.17, 15) is 9.59 Å². The largest absolute Gasteiger partial charge is 0.354 e.